The number of benzene rings is 1. The fourth-order valence-corrected chi connectivity index (χ4v) is 2.16. The number of amides is 1. The second-order valence-electron chi connectivity index (χ2n) is 5.21. The number of hydrogen-bond donors (Lipinski definition) is 1. The molecule has 1 atom stereocenters. The van der Waals surface area contributed by atoms with Gasteiger partial charge >= 0.3 is 0 Å². The zero-order valence-corrected chi connectivity index (χ0v) is 11.4. The van der Waals surface area contributed by atoms with Crippen LogP contribution in [0.5, 0.6) is 0 Å². The topological polar surface area (TPSA) is 68.0 Å². The first-order valence-corrected chi connectivity index (χ1v) is 6.89. The zero-order chi connectivity index (χ0) is 13.9. The van der Waals surface area contributed by atoms with E-state index >= 15 is 0 Å². The van der Waals surface area contributed by atoms with E-state index in [1.165, 1.54) is 0 Å². The number of hydrogen-bond acceptors (Lipinski definition) is 4. The Balaban J connectivity index is 1.59. The molecule has 0 radical (unpaired) electrons. The van der Waals surface area contributed by atoms with Gasteiger partial charge < -0.3 is 9.73 Å². The first-order valence-electron chi connectivity index (χ1n) is 6.89. The lowest BCUT2D eigenvalue weighted by atomic mass is 10.1. The van der Waals surface area contributed by atoms with E-state index in [1.807, 2.05) is 37.3 Å². The molecule has 1 aromatic carbocycles. The second-order valence-corrected chi connectivity index (χ2v) is 5.21. The van der Waals surface area contributed by atoms with Gasteiger partial charge in [0.05, 0.1) is 6.54 Å². The minimum absolute atomic E-state index is 0.0620. The van der Waals surface area contributed by atoms with Gasteiger partial charge in [0.15, 0.2) is 0 Å². The van der Waals surface area contributed by atoms with E-state index in [1.54, 1.807) is 0 Å². The van der Waals surface area contributed by atoms with Crippen molar-refractivity contribution in [3.8, 4) is 11.5 Å². The molecule has 1 aliphatic carbocycles. The van der Waals surface area contributed by atoms with Crippen LogP contribution in [0.4, 0.5) is 0 Å². The van der Waals surface area contributed by atoms with Gasteiger partial charge in [-0.2, -0.15) is 0 Å². The van der Waals surface area contributed by atoms with Crippen LogP contribution in [-0.2, 0) is 11.3 Å². The number of aromatic nitrogens is 2. The molecule has 0 bridgehead atoms. The van der Waals surface area contributed by atoms with Crippen LogP contribution in [0.15, 0.2) is 34.7 Å². The summed E-state index contributed by atoms with van der Waals surface area (Å²) in [6.07, 6.45) is 2.32. The first kappa shape index (κ1) is 12.8. The lowest BCUT2D eigenvalue weighted by molar-refractivity contribution is -0.125. The van der Waals surface area contributed by atoms with Crippen molar-refractivity contribution in [2.45, 2.75) is 26.3 Å². The summed E-state index contributed by atoms with van der Waals surface area (Å²) in [5.74, 6) is 1.60. The van der Waals surface area contributed by atoms with Crippen LogP contribution >= 0.6 is 0 Å². The van der Waals surface area contributed by atoms with Crippen LogP contribution in [0.2, 0.25) is 0 Å². The van der Waals surface area contributed by atoms with Crippen LogP contribution in [0.1, 0.15) is 25.7 Å². The lowest BCUT2D eigenvalue weighted by Crippen LogP contribution is -2.29. The largest absolute Gasteiger partial charge is 0.419 e. The van der Waals surface area contributed by atoms with Crippen molar-refractivity contribution in [3.63, 3.8) is 0 Å². The molecule has 1 heterocycles. The molecular weight excluding hydrogens is 254 g/mol. The van der Waals surface area contributed by atoms with E-state index in [0.29, 0.717) is 17.7 Å². The van der Waals surface area contributed by atoms with Gasteiger partial charge in [-0.15, -0.1) is 10.2 Å². The van der Waals surface area contributed by atoms with Crippen LogP contribution in [0.25, 0.3) is 11.5 Å². The highest BCUT2D eigenvalue weighted by Crippen LogP contribution is 2.36. The molecule has 2 aromatic rings. The minimum Gasteiger partial charge on any atom is -0.419 e. The molecule has 1 amide bonds. The van der Waals surface area contributed by atoms with Gasteiger partial charge in [0.25, 0.3) is 0 Å². The Bertz CT molecular complexity index is 590. The Morgan fingerprint density at radius 2 is 2.10 bits per heavy atom. The highest BCUT2D eigenvalue weighted by molar-refractivity contribution is 5.78. The summed E-state index contributed by atoms with van der Waals surface area (Å²) in [7, 11) is 0. The normalized spacial score (nSPS) is 15.8. The summed E-state index contributed by atoms with van der Waals surface area (Å²) >= 11 is 0. The Hall–Kier alpha value is -2.17. The van der Waals surface area contributed by atoms with Gasteiger partial charge in [-0.1, -0.05) is 25.1 Å². The quantitative estimate of drug-likeness (QED) is 0.906. The van der Waals surface area contributed by atoms with Gasteiger partial charge in [0.1, 0.15) is 0 Å². The van der Waals surface area contributed by atoms with Crippen molar-refractivity contribution in [1.82, 2.24) is 15.5 Å². The summed E-state index contributed by atoms with van der Waals surface area (Å²) in [6.45, 7) is 2.26. The van der Waals surface area contributed by atoms with Crippen molar-refractivity contribution >= 4 is 5.91 Å². The molecule has 104 valence electrons. The maximum atomic E-state index is 11.9. The Kier molecular flexibility index (Phi) is 3.50. The summed E-state index contributed by atoms with van der Waals surface area (Å²) in [5, 5.41) is 10.8. The third kappa shape index (κ3) is 2.87. The molecule has 1 aromatic heterocycles. The number of carbonyl (C=O) groups excluding carboxylic acids is 1. The average molecular weight is 271 g/mol. The maximum Gasteiger partial charge on any atom is 0.247 e. The monoisotopic (exact) mass is 271 g/mol. The molecule has 0 saturated heterocycles. The van der Waals surface area contributed by atoms with Gasteiger partial charge in [-0.3, -0.25) is 4.79 Å². The van der Waals surface area contributed by atoms with Crippen molar-refractivity contribution in [2.24, 2.45) is 11.8 Å². The Morgan fingerprint density at radius 1 is 1.35 bits per heavy atom. The van der Waals surface area contributed by atoms with Crippen LogP contribution < -0.4 is 5.32 Å². The van der Waals surface area contributed by atoms with Gasteiger partial charge in [-0.05, 0) is 30.9 Å². The predicted octanol–water partition coefficient (Wildman–Crippen LogP) is 2.40. The smallest absolute Gasteiger partial charge is 0.247 e. The summed E-state index contributed by atoms with van der Waals surface area (Å²) in [6, 6.07) is 9.58. The molecule has 1 fully saturated rings. The highest BCUT2D eigenvalue weighted by Gasteiger charge is 2.32. The van der Waals surface area contributed by atoms with Crippen LogP contribution in [-0.4, -0.2) is 16.1 Å². The Labute approximate surface area is 117 Å². The molecule has 3 rings (SSSR count). The van der Waals surface area contributed by atoms with Gasteiger partial charge in [0.2, 0.25) is 17.7 Å². The Morgan fingerprint density at radius 3 is 2.80 bits per heavy atom. The van der Waals surface area contributed by atoms with Crippen molar-refractivity contribution in [2.75, 3.05) is 0 Å². The molecule has 5 heteroatoms. The molecule has 0 spiro atoms. The molecule has 5 nitrogen and oxygen atoms in total. The van der Waals surface area contributed by atoms with E-state index in [4.69, 9.17) is 4.42 Å². The van der Waals surface area contributed by atoms with Gasteiger partial charge in [0, 0.05) is 11.5 Å². The standard InChI is InChI=1S/C15H17N3O2/c1-10(11-7-8-11)14(19)16-9-13-17-18-15(20-13)12-5-3-2-4-6-12/h2-6,10-11H,7-9H2,1H3,(H,16,19). The fraction of sp³-hybridized carbons (Fsp3) is 0.400. The van der Waals surface area contributed by atoms with E-state index in [-0.39, 0.29) is 18.4 Å². The third-order valence-electron chi connectivity index (χ3n) is 3.64. The van der Waals surface area contributed by atoms with E-state index in [9.17, 15) is 4.79 Å². The zero-order valence-electron chi connectivity index (χ0n) is 11.4. The third-order valence-corrected chi connectivity index (χ3v) is 3.64. The highest BCUT2D eigenvalue weighted by atomic mass is 16.4. The predicted molar refractivity (Wildman–Crippen MR) is 73.5 cm³/mol. The summed E-state index contributed by atoms with van der Waals surface area (Å²) in [4.78, 5) is 11.9. The number of nitrogens with one attached hydrogen (secondary N) is 1. The molecular formula is C15H17N3O2. The lowest BCUT2D eigenvalue weighted by Gasteiger charge is -2.08. The van der Waals surface area contributed by atoms with Crippen LogP contribution in [0.3, 0.4) is 0 Å². The SMILES string of the molecule is CC(C(=O)NCc1nnc(-c2ccccc2)o1)C1CC1. The number of carbonyl (C=O) groups is 1. The molecule has 1 N–H and O–H groups in total. The van der Waals surface area contributed by atoms with E-state index in [2.05, 4.69) is 15.5 Å². The van der Waals surface area contributed by atoms with Gasteiger partial charge in [-0.25, -0.2) is 0 Å². The molecule has 1 unspecified atom stereocenters. The fourth-order valence-electron chi connectivity index (χ4n) is 2.16. The minimum atomic E-state index is 0.0620. The van der Waals surface area contributed by atoms with E-state index < -0.39 is 0 Å². The maximum absolute atomic E-state index is 11.9. The van der Waals surface area contributed by atoms with Crippen molar-refractivity contribution in [1.29, 1.82) is 0 Å². The molecule has 1 aliphatic rings. The van der Waals surface area contributed by atoms with E-state index in [0.717, 1.165) is 18.4 Å². The first-order chi connectivity index (χ1) is 9.74. The molecule has 20 heavy (non-hydrogen) atoms. The molecule has 0 aliphatic heterocycles. The number of nitrogens with zero attached hydrogens (tertiary/aromatic N) is 2. The van der Waals surface area contributed by atoms with Crippen LogP contribution in [0, 0.1) is 11.8 Å². The number of rotatable bonds is 5. The summed E-state index contributed by atoms with van der Waals surface area (Å²) in [5.41, 5.74) is 0.879. The van der Waals surface area contributed by atoms with Crippen molar-refractivity contribution < 1.29 is 9.21 Å². The average Bonchev–Trinajstić information content (AvgIpc) is 3.23. The van der Waals surface area contributed by atoms with Crippen molar-refractivity contribution in [3.05, 3.63) is 36.2 Å². The molecule has 1 saturated carbocycles. The summed E-state index contributed by atoms with van der Waals surface area (Å²) < 4.78 is 5.54. The second kappa shape index (κ2) is 5.45.